The van der Waals surface area contributed by atoms with E-state index in [-0.39, 0.29) is 12.0 Å². The van der Waals surface area contributed by atoms with Crippen LogP contribution in [0.5, 0.6) is 0 Å². The van der Waals surface area contributed by atoms with Crippen molar-refractivity contribution in [2.45, 2.75) is 38.8 Å². The van der Waals surface area contributed by atoms with Gasteiger partial charge < -0.3 is 5.11 Å². The Morgan fingerprint density at radius 2 is 2.11 bits per heavy atom. The molecule has 1 aromatic rings. The van der Waals surface area contributed by atoms with Crippen molar-refractivity contribution < 1.29 is 9.90 Å². The first-order chi connectivity index (χ1) is 8.99. The summed E-state index contributed by atoms with van der Waals surface area (Å²) < 4.78 is 0. The quantitative estimate of drug-likeness (QED) is 0.922. The van der Waals surface area contributed by atoms with E-state index in [0.29, 0.717) is 6.04 Å². The van der Waals surface area contributed by atoms with Crippen LogP contribution in [0.4, 0.5) is 0 Å². The Morgan fingerprint density at radius 3 is 2.63 bits per heavy atom. The second-order valence-electron chi connectivity index (χ2n) is 5.39. The number of aliphatic carboxylic acids is 1. The number of benzene rings is 1. The lowest BCUT2D eigenvalue weighted by molar-refractivity contribution is -0.142. The number of halogens is 1. The number of carbonyl (C=O) groups is 1. The lowest BCUT2D eigenvalue weighted by Crippen LogP contribution is -2.40. The lowest BCUT2D eigenvalue weighted by atomic mass is 10.0. The van der Waals surface area contributed by atoms with Gasteiger partial charge in [-0.15, -0.1) is 0 Å². The molecule has 1 aromatic carbocycles. The number of hydrogen-bond acceptors (Lipinski definition) is 2. The van der Waals surface area contributed by atoms with Crippen LogP contribution in [0.2, 0.25) is 5.02 Å². The number of rotatable bonds is 4. The van der Waals surface area contributed by atoms with Crippen molar-refractivity contribution in [2.75, 3.05) is 6.54 Å². The highest BCUT2D eigenvalue weighted by Crippen LogP contribution is 2.27. The maximum absolute atomic E-state index is 11.1. The SMILES string of the molecule is CC(Cc1ccc(Cl)cc1)N1CCC(C(=O)O)C1C. The van der Waals surface area contributed by atoms with Gasteiger partial charge in [0.1, 0.15) is 0 Å². The Morgan fingerprint density at radius 1 is 1.47 bits per heavy atom. The summed E-state index contributed by atoms with van der Waals surface area (Å²) in [7, 11) is 0. The van der Waals surface area contributed by atoms with Crippen molar-refractivity contribution in [3.8, 4) is 0 Å². The summed E-state index contributed by atoms with van der Waals surface area (Å²) in [5.41, 5.74) is 1.24. The normalized spacial score (nSPS) is 25.4. The summed E-state index contributed by atoms with van der Waals surface area (Å²) in [5, 5.41) is 9.91. The van der Waals surface area contributed by atoms with Crippen molar-refractivity contribution in [2.24, 2.45) is 5.92 Å². The molecule has 3 nitrogen and oxygen atoms in total. The van der Waals surface area contributed by atoms with Gasteiger partial charge in [-0.1, -0.05) is 23.7 Å². The second-order valence-corrected chi connectivity index (χ2v) is 5.83. The van der Waals surface area contributed by atoms with Gasteiger partial charge in [-0.05, 0) is 50.9 Å². The van der Waals surface area contributed by atoms with Crippen molar-refractivity contribution >= 4 is 17.6 Å². The van der Waals surface area contributed by atoms with Gasteiger partial charge in [-0.2, -0.15) is 0 Å². The van der Waals surface area contributed by atoms with Crippen LogP contribution in [-0.2, 0) is 11.2 Å². The van der Waals surface area contributed by atoms with Gasteiger partial charge in [0.2, 0.25) is 0 Å². The minimum absolute atomic E-state index is 0.111. The largest absolute Gasteiger partial charge is 0.481 e. The molecule has 0 amide bonds. The molecule has 0 saturated carbocycles. The number of hydrogen-bond donors (Lipinski definition) is 1. The second kappa shape index (κ2) is 5.93. The molecule has 104 valence electrons. The minimum Gasteiger partial charge on any atom is -0.481 e. The maximum atomic E-state index is 11.1. The zero-order valence-corrected chi connectivity index (χ0v) is 12.1. The van der Waals surface area contributed by atoms with E-state index in [1.165, 1.54) is 5.56 Å². The molecule has 1 fully saturated rings. The van der Waals surface area contributed by atoms with E-state index in [4.69, 9.17) is 16.7 Å². The standard InChI is InChI=1S/C15H20ClNO2/c1-10(9-12-3-5-13(16)6-4-12)17-8-7-14(11(17)2)15(18)19/h3-6,10-11,14H,7-9H2,1-2H3,(H,18,19). The van der Waals surface area contributed by atoms with Crippen molar-refractivity contribution in [3.05, 3.63) is 34.9 Å². The molecule has 1 saturated heterocycles. The molecule has 0 radical (unpaired) electrons. The average molecular weight is 282 g/mol. The Kier molecular flexibility index (Phi) is 4.48. The Hall–Kier alpha value is -1.06. The van der Waals surface area contributed by atoms with Gasteiger partial charge in [0.05, 0.1) is 5.92 Å². The molecular weight excluding hydrogens is 262 g/mol. The molecule has 3 atom stereocenters. The van der Waals surface area contributed by atoms with Gasteiger partial charge in [0.25, 0.3) is 0 Å². The smallest absolute Gasteiger partial charge is 0.308 e. The first-order valence-corrected chi connectivity index (χ1v) is 7.10. The van der Waals surface area contributed by atoms with E-state index in [1.54, 1.807) is 0 Å². The zero-order chi connectivity index (χ0) is 14.0. The summed E-state index contributed by atoms with van der Waals surface area (Å²) >= 11 is 5.88. The van der Waals surface area contributed by atoms with E-state index < -0.39 is 5.97 Å². The highest BCUT2D eigenvalue weighted by atomic mass is 35.5. The molecular formula is C15H20ClNO2. The van der Waals surface area contributed by atoms with Crippen molar-refractivity contribution in [1.29, 1.82) is 0 Å². The van der Waals surface area contributed by atoms with Crippen LogP contribution in [0.1, 0.15) is 25.8 Å². The number of carboxylic acid groups (broad SMARTS) is 1. The fourth-order valence-electron chi connectivity index (χ4n) is 2.99. The van der Waals surface area contributed by atoms with Gasteiger partial charge in [0.15, 0.2) is 0 Å². The third-order valence-electron chi connectivity index (χ3n) is 4.13. The van der Waals surface area contributed by atoms with Crippen molar-refractivity contribution in [3.63, 3.8) is 0 Å². The molecule has 0 spiro atoms. The Balaban J connectivity index is 1.99. The number of nitrogens with zero attached hydrogens (tertiary/aromatic N) is 1. The topological polar surface area (TPSA) is 40.5 Å². The van der Waals surface area contributed by atoms with Crippen LogP contribution < -0.4 is 0 Å². The molecule has 1 N–H and O–H groups in total. The first-order valence-electron chi connectivity index (χ1n) is 6.72. The number of likely N-dealkylation sites (tertiary alicyclic amines) is 1. The van der Waals surface area contributed by atoms with Gasteiger partial charge in [-0.3, -0.25) is 9.69 Å². The van der Waals surface area contributed by atoms with E-state index in [2.05, 4.69) is 11.8 Å². The minimum atomic E-state index is -0.673. The van der Waals surface area contributed by atoms with E-state index in [0.717, 1.165) is 24.4 Å². The fourth-order valence-corrected chi connectivity index (χ4v) is 3.12. The van der Waals surface area contributed by atoms with Crippen LogP contribution in [0.15, 0.2) is 24.3 Å². The maximum Gasteiger partial charge on any atom is 0.308 e. The molecule has 1 heterocycles. The van der Waals surface area contributed by atoms with E-state index in [9.17, 15) is 4.79 Å². The summed E-state index contributed by atoms with van der Waals surface area (Å²) in [4.78, 5) is 13.4. The van der Waals surface area contributed by atoms with Crippen LogP contribution in [0, 0.1) is 5.92 Å². The van der Waals surface area contributed by atoms with Crippen LogP contribution in [0.3, 0.4) is 0 Å². The first kappa shape index (κ1) is 14.4. The van der Waals surface area contributed by atoms with E-state index >= 15 is 0 Å². The van der Waals surface area contributed by atoms with Crippen LogP contribution in [0.25, 0.3) is 0 Å². The highest BCUT2D eigenvalue weighted by molar-refractivity contribution is 6.30. The number of carboxylic acids is 1. The summed E-state index contributed by atoms with van der Waals surface area (Å²) in [6.45, 7) is 5.05. The lowest BCUT2D eigenvalue weighted by Gasteiger charge is -2.29. The molecule has 0 aromatic heterocycles. The summed E-state index contributed by atoms with van der Waals surface area (Å²) in [5.74, 6) is -0.902. The fraction of sp³-hybridized carbons (Fsp3) is 0.533. The molecule has 1 aliphatic heterocycles. The Bertz CT molecular complexity index is 446. The summed E-state index contributed by atoms with van der Waals surface area (Å²) in [6, 6.07) is 8.33. The van der Waals surface area contributed by atoms with Gasteiger partial charge in [-0.25, -0.2) is 0 Å². The predicted molar refractivity (Wildman–Crippen MR) is 76.5 cm³/mol. The van der Waals surface area contributed by atoms with Crippen molar-refractivity contribution in [1.82, 2.24) is 4.90 Å². The van der Waals surface area contributed by atoms with E-state index in [1.807, 2.05) is 31.2 Å². The molecule has 2 rings (SSSR count). The molecule has 4 heteroatoms. The van der Waals surface area contributed by atoms with Gasteiger partial charge >= 0.3 is 5.97 Å². The monoisotopic (exact) mass is 281 g/mol. The third kappa shape index (κ3) is 3.28. The molecule has 3 unspecified atom stereocenters. The highest BCUT2D eigenvalue weighted by Gasteiger charge is 2.37. The summed E-state index contributed by atoms with van der Waals surface area (Å²) in [6.07, 6.45) is 1.68. The Labute approximate surface area is 119 Å². The zero-order valence-electron chi connectivity index (χ0n) is 11.3. The molecule has 1 aliphatic rings. The third-order valence-corrected chi connectivity index (χ3v) is 4.38. The van der Waals surface area contributed by atoms with Gasteiger partial charge in [0, 0.05) is 17.1 Å². The van der Waals surface area contributed by atoms with Crippen LogP contribution in [-0.4, -0.2) is 34.6 Å². The average Bonchev–Trinajstić information content (AvgIpc) is 2.74. The molecule has 19 heavy (non-hydrogen) atoms. The molecule has 0 bridgehead atoms. The van der Waals surface area contributed by atoms with Crippen LogP contribution >= 0.6 is 11.6 Å². The molecule has 0 aliphatic carbocycles. The predicted octanol–water partition coefficient (Wildman–Crippen LogP) is 3.07.